The Bertz CT molecular complexity index is 417. The number of carboxylic acid groups (broad SMARTS) is 1. The zero-order chi connectivity index (χ0) is 13.2. The van der Waals surface area contributed by atoms with Gasteiger partial charge in [-0.2, -0.15) is 5.10 Å². The van der Waals surface area contributed by atoms with E-state index < -0.39 is 11.4 Å². The zero-order valence-corrected chi connectivity index (χ0v) is 11.2. The molecule has 1 N–H and O–H groups in total. The summed E-state index contributed by atoms with van der Waals surface area (Å²) < 4.78 is 1.77. The third-order valence-corrected chi connectivity index (χ3v) is 4.34. The van der Waals surface area contributed by atoms with Crippen molar-refractivity contribution in [2.24, 2.45) is 18.4 Å². The minimum absolute atomic E-state index is 0.498. The van der Waals surface area contributed by atoms with Crippen molar-refractivity contribution < 1.29 is 9.90 Å². The van der Waals surface area contributed by atoms with E-state index in [0.29, 0.717) is 5.92 Å². The lowest BCUT2D eigenvalue weighted by Crippen LogP contribution is -2.35. The van der Waals surface area contributed by atoms with Crippen LogP contribution in [0.25, 0.3) is 0 Å². The van der Waals surface area contributed by atoms with Crippen molar-refractivity contribution in [3.05, 3.63) is 18.0 Å². The monoisotopic (exact) mass is 250 g/mol. The number of aryl methyl sites for hydroxylation is 2. The third-order valence-electron chi connectivity index (χ3n) is 4.34. The van der Waals surface area contributed by atoms with Crippen LogP contribution >= 0.6 is 0 Å². The lowest BCUT2D eigenvalue weighted by Gasteiger charge is -2.35. The predicted octanol–water partition coefficient (Wildman–Crippen LogP) is 2.63. The largest absolute Gasteiger partial charge is 0.481 e. The first-order valence-electron chi connectivity index (χ1n) is 6.73. The van der Waals surface area contributed by atoms with Crippen molar-refractivity contribution in [3.63, 3.8) is 0 Å². The normalized spacial score (nSPS) is 28.2. The van der Waals surface area contributed by atoms with Gasteiger partial charge in [0.05, 0.1) is 11.6 Å². The quantitative estimate of drug-likeness (QED) is 0.893. The number of aliphatic carboxylic acids is 1. The Hall–Kier alpha value is -1.32. The van der Waals surface area contributed by atoms with Crippen LogP contribution < -0.4 is 0 Å². The van der Waals surface area contributed by atoms with Gasteiger partial charge in [0.2, 0.25) is 0 Å². The SMILES string of the molecule is CC1CCC(CCc2cnn(C)c2)(C(=O)O)CC1. The average Bonchev–Trinajstić information content (AvgIpc) is 2.75. The molecule has 1 fully saturated rings. The van der Waals surface area contributed by atoms with E-state index in [1.54, 1.807) is 4.68 Å². The molecule has 0 unspecified atom stereocenters. The van der Waals surface area contributed by atoms with Crippen molar-refractivity contribution in [1.82, 2.24) is 9.78 Å². The van der Waals surface area contributed by atoms with E-state index in [9.17, 15) is 9.90 Å². The predicted molar refractivity (Wildman–Crippen MR) is 69.2 cm³/mol. The summed E-state index contributed by atoms with van der Waals surface area (Å²) in [5.74, 6) is 0.0640. The highest BCUT2D eigenvalue weighted by molar-refractivity contribution is 5.74. The van der Waals surface area contributed by atoms with Crippen LogP contribution in [0.4, 0.5) is 0 Å². The molecule has 2 rings (SSSR count). The van der Waals surface area contributed by atoms with Gasteiger partial charge in [0, 0.05) is 13.2 Å². The molecule has 4 nitrogen and oxygen atoms in total. The summed E-state index contributed by atoms with van der Waals surface area (Å²) in [7, 11) is 1.89. The molecule has 0 aliphatic heterocycles. The van der Waals surface area contributed by atoms with Crippen molar-refractivity contribution in [2.45, 2.75) is 45.4 Å². The van der Waals surface area contributed by atoms with Crippen LogP contribution in [0.1, 0.15) is 44.6 Å². The maximum atomic E-state index is 11.6. The van der Waals surface area contributed by atoms with Gasteiger partial charge in [0.25, 0.3) is 0 Å². The molecule has 18 heavy (non-hydrogen) atoms. The summed E-state index contributed by atoms with van der Waals surface area (Å²) >= 11 is 0. The number of hydrogen-bond acceptors (Lipinski definition) is 2. The van der Waals surface area contributed by atoms with E-state index in [-0.39, 0.29) is 0 Å². The molecule has 0 bridgehead atoms. The van der Waals surface area contributed by atoms with Gasteiger partial charge in [-0.25, -0.2) is 0 Å². The number of carbonyl (C=O) groups is 1. The highest BCUT2D eigenvalue weighted by Gasteiger charge is 2.40. The van der Waals surface area contributed by atoms with Gasteiger partial charge >= 0.3 is 5.97 Å². The Morgan fingerprint density at radius 3 is 2.72 bits per heavy atom. The molecule has 100 valence electrons. The number of aromatic nitrogens is 2. The summed E-state index contributed by atoms with van der Waals surface area (Å²) in [6, 6.07) is 0. The van der Waals surface area contributed by atoms with Gasteiger partial charge in [0.15, 0.2) is 0 Å². The fourth-order valence-corrected chi connectivity index (χ4v) is 2.87. The molecule has 0 aromatic carbocycles. The number of hydrogen-bond donors (Lipinski definition) is 1. The molecule has 1 aliphatic carbocycles. The Balaban J connectivity index is 2.00. The lowest BCUT2D eigenvalue weighted by atomic mass is 9.68. The number of rotatable bonds is 4. The summed E-state index contributed by atoms with van der Waals surface area (Å²) in [6.07, 6.45) is 9.09. The third kappa shape index (κ3) is 2.74. The van der Waals surface area contributed by atoms with Crippen LogP contribution in [0.5, 0.6) is 0 Å². The van der Waals surface area contributed by atoms with Crippen molar-refractivity contribution in [2.75, 3.05) is 0 Å². The maximum Gasteiger partial charge on any atom is 0.309 e. The molecule has 1 saturated carbocycles. The molecule has 0 spiro atoms. The van der Waals surface area contributed by atoms with E-state index in [4.69, 9.17) is 0 Å². The van der Waals surface area contributed by atoms with E-state index >= 15 is 0 Å². The molecule has 1 aliphatic rings. The molecular formula is C14H22N2O2. The van der Waals surface area contributed by atoms with Crippen LogP contribution in [0, 0.1) is 11.3 Å². The highest BCUT2D eigenvalue weighted by atomic mass is 16.4. The fraction of sp³-hybridized carbons (Fsp3) is 0.714. The molecule has 0 atom stereocenters. The molecule has 0 radical (unpaired) electrons. The second kappa shape index (κ2) is 5.12. The fourth-order valence-electron chi connectivity index (χ4n) is 2.87. The smallest absolute Gasteiger partial charge is 0.309 e. The minimum atomic E-state index is -0.613. The van der Waals surface area contributed by atoms with Crippen LogP contribution in [-0.4, -0.2) is 20.9 Å². The van der Waals surface area contributed by atoms with Crippen LogP contribution in [0.2, 0.25) is 0 Å². The first kappa shape index (κ1) is 13.1. The van der Waals surface area contributed by atoms with Gasteiger partial charge < -0.3 is 5.11 Å². The van der Waals surface area contributed by atoms with Gasteiger partial charge in [-0.3, -0.25) is 9.48 Å². The number of carboxylic acids is 1. The Kier molecular flexibility index (Phi) is 3.73. The van der Waals surface area contributed by atoms with Gasteiger partial charge in [0.1, 0.15) is 0 Å². The van der Waals surface area contributed by atoms with Crippen LogP contribution in [0.3, 0.4) is 0 Å². The molecule has 4 heteroatoms. The summed E-state index contributed by atoms with van der Waals surface area (Å²) in [6.45, 7) is 2.22. The first-order valence-corrected chi connectivity index (χ1v) is 6.73. The standard InChI is InChI=1S/C14H22N2O2/c1-11-3-6-14(7-4-11,13(17)18)8-5-12-9-15-16(2)10-12/h9-11H,3-8H2,1-2H3,(H,17,18). The molecule has 1 heterocycles. The van der Waals surface area contributed by atoms with Crippen LogP contribution in [0.15, 0.2) is 12.4 Å². The summed E-state index contributed by atoms with van der Waals surface area (Å²) in [5, 5.41) is 13.7. The van der Waals surface area contributed by atoms with Crippen molar-refractivity contribution in [3.8, 4) is 0 Å². The van der Waals surface area contributed by atoms with Gasteiger partial charge in [-0.1, -0.05) is 6.92 Å². The topological polar surface area (TPSA) is 55.1 Å². The van der Waals surface area contributed by atoms with Crippen molar-refractivity contribution in [1.29, 1.82) is 0 Å². The molecule has 1 aromatic heterocycles. The molecule has 0 saturated heterocycles. The van der Waals surface area contributed by atoms with E-state index in [2.05, 4.69) is 12.0 Å². The molecule has 0 amide bonds. The molecular weight excluding hydrogens is 228 g/mol. The second-order valence-corrected chi connectivity index (χ2v) is 5.79. The average molecular weight is 250 g/mol. The Morgan fingerprint density at radius 1 is 1.56 bits per heavy atom. The molecule has 1 aromatic rings. The Labute approximate surface area is 108 Å². The second-order valence-electron chi connectivity index (χ2n) is 5.79. The zero-order valence-electron chi connectivity index (χ0n) is 11.2. The lowest BCUT2D eigenvalue weighted by molar-refractivity contribution is -0.152. The van der Waals surface area contributed by atoms with Gasteiger partial charge in [-0.05, 0) is 50.0 Å². The highest BCUT2D eigenvalue weighted by Crippen LogP contribution is 2.42. The van der Waals surface area contributed by atoms with E-state index in [1.807, 2.05) is 19.4 Å². The van der Waals surface area contributed by atoms with Gasteiger partial charge in [-0.15, -0.1) is 0 Å². The first-order chi connectivity index (χ1) is 8.52. The van der Waals surface area contributed by atoms with E-state index in [1.165, 1.54) is 0 Å². The van der Waals surface area contributed by atoms with E-state index in [0.717, 1.165) is 44.1 Å². The van der Waals surface area contributed by atoms with Crippen molar-refractivity contribution >= 4 is 5.97 Å². The number of nitrogens with zero attached hydrogens (tertiary/aromatic N) is 2. The van der Waals surface area contributed by atoms with Crippen LogP contribution in [-0.2, 0) is 18.3 Å². The summed E-state index contributed by atoms with van der Waals surface area (Å²) in [4.78, 5) is 11.6. The minimum Gasteiger partial charge on any atom is -0.481 e. The summed E-state index contributed by atoms with van der Waals surface area (Å²) in [5.41, 5.74) is 0.638. The maximum absolute atomic E-state index is 11.6. The Morgan fingerprint density at radius 2 is 2.22 bits per heavy atom.